The molecule has 1 aromatic heterocycles. The van der Waals surface area contributed by atoms with Crippen molar-refractivity contribution in [3.05, 3.63) is 17.5 Å². The van der Waals surface area contributed by atoms with Crippen molar-refractivity contribution in [3.63, 3.8) is 0 Å². The van der Waals surface area contributed by atoms with Gasteiger partial charge in [0.25, 0.3) is 0 Å². The lowest BCUT2D eigenvalue weighted by Gasteiger charge is -2.18. The van der Waals surface area contributed by atoms with Crippen molar-refractivity contribution >= 4 is 0 Å². The number of aryl methyl sites for hydroxylation is 2. The normalized spacial score (nSPS) is 12.9. The van der Waals surface area contributed by atoms with E-state index >= 15 is 0 Å². The molecule has 0 bridgehead atoms. The predicted octanol–water partition coefficient (Wildman–Crippen LogP) is 3.74. The van der Waals surface area contributed by atoms with E-state index in [-0.39, 0.29) is 0 Å². The van der Waals surface area contributed by atoms with Crippen molar-refractivity contribution in [1.82, 2.24) is 15.1 Å². The highest BCUT2D eigenvalue weighted by molar-refractivity contribution is 5.13. The maximum absolute atomic E-state index is 4.45. The second-order valence-electron chi connectivity index (χ2n) is 5.15. The number of aromatic nitrogens is 2. The molecule has 1 N–H and O–H groups in total. The van der Waals surface area contributed by atoms with Gasteiger partial charge in [0, 0.05) is 13.1 Å². The van der Waals surface area contributed by atoms with Crippen LogP contribution in [0.3, 0.4) is 0 Å². The van der Waals surface area contributed by atoms with E-state index in [1.54, 1.807) is 0 Å². The Morgan fingerprint density at radius 1 is 1.22 bits per heavy atom. The lowest BCUT2D eigenvalue weighted by Crippen LogP contribution is -2.23. The van der Waals surface area contributed by atoms with E-state index in [1.165, 1.54) is 44.2 Å². The average Bonchev–Trinajstić information content (AvgIpc) is 2.67. The zero-order chi connectivity index (χ0) is 13.4. The van der Waals surface area contributed by atoms with E-state index in [0.717, 1.165) is 12.2 Å². The molecule has 3 nitrogen and oxygen atoms in total. The van der Waals surface area contributed by atoms with Crippen LogP contribution in [0.2, 0.25) is 0 Å². The minimum atomic E-state index is 0.461. The molecule has 1 aromatic rings. The predicted molar refractivity (Wildman–Crippen MR) is 77.7 cm³/mol. The largest absolute Gasteiger partial charge is 0.309 e. The van der Waals surface area contributed by atoms with Gasteiger partial charge in [-0.3, -0.25) is 4.68 Å². The highest BCUT2D eigenvalue weighted by Gasteiger charge is 2.14. The van der Waals surface area contributed by atoms with Gasteiger partial charge in [-0.2, -0.15) is 5.10 Å². The van der Waals surface area contributed by atoms with E-state index in [2.05, 4.69) is 37.3 Å². The van der Waals surface area contributed by atoms with Gasteiger partial charge in [-0.05, 0) is 26.0 Å². The van der Waals surface area contributed by atoms with Gasteiger partial charge in [0.15, 0.2) is 0 Å². The molecule has 18 heavy (non-hydrogen) atoms. The molecule has 0 saturated carbocycles. The second kappa shape index (κ2) is 8.30. The minimum absolute atomic E-state index is 0.461. The number of hydrogen-bond acceptors (Lipinski definition) is 2. The van der Waals surface area contributed by atoms with E-state index in [1.807, 2.05) is 11.7 Å². The van der Waals surface area contributed by atoms with Gasteiger partial charge in [-0.25, -0.2) is 0 Å². The molecule has 1 atom stereocenters. The van der Waals surface area contributed by atoms with E-state index in [9.17, 15) is 0 Å². The molecule has 0 aliphatic rings. The molecule has 0 spiro atoms. The Balaban J connectivity index is 2.47. The first-order chi connectivity index (χ1) is 8.69. The second-order valence-corrected chi connectivity index (χ2v) is 5.15. The molecule has 0 amide bonds. The zero-order valence-electron chi connectivity index (χ0n) is 12.5. The summed E-state index contributed by atoms with van der Waals surface area (Å²) in [6.45, 7) is 7.52. The molecule has 1 unspecified atom stereocenters. The van der Waals surface area contributed by atoms with Crippen molar-refractivity contribution in [2.75, 3.05) is 6.54 Å². The summed E-state index contributed by atoms with van der Waals surface area (Å²) in [6, 6.07) is 2.67. The third-order valence-corrected chi connectivity index (χ3v) is 3.44. The van der Waals surface area contributed by atoms with Gasteiger partial charge in [0.05, 0.1) is 11.4 Å². The van der Waals surface area contributed by atoms with E-state index < -0.39 is 0 Å². The fraction of sp³-hybridized carbons (Fsp3) is 0.800. The smallest absolute Gasteiger partial charge is 0.0597 e. The van der Waals surface area contributed by atoms with Gasteiger partial charge < -0.3 is 5.32 Å². The molecule has 0 saturated heterocycles. The van der Waals surface area contributed by atoms with Crippen LogP contribution in [-0.2, 0) is 7.05 Å². The summed E-state index contributed by atoms with van der Waals surface area (Å²) in [5.74, 6) is 0. The Morgan fingerprint density at radius 2 is 1.94 bits per heavy atom. The van der Waals surface area contributed by atoms with Crippen LogP contribution in [0.15, 0.2) is 6.07 Å². The molecule has 3 heteroatoms. The summed E-state index contributed by atoms with van der Waals surface area (Å²) < 4.78 is 2.02. The third kappa shape index (κ3) is 4.81. The van der Waals surface area contributed by atoms with Crippen LogP contribution >= 0.6 is 0 Å². The number of unbranched alkanes of at least 4 members (excludes halogenated alkanes) is 4. The highest BCUT2D eigenvalue weighted by atomic mass is 15.3. The summed E-state index contributed by atoms with van der Waals surface area (Å²) in [4.78, 5) is 0. The lowest BCUT2D eigenvalue weighted by molar-refractivity contribution is 0.453. The summed E-state index contributed by atoms with van der Waals surface area (Å²) in [6.07, 6.45) is 7.94. The number of nitrogens with one attached hydrogen (secondary N) is 1. The molecule has 104 valence electrons. The van der Waals surface area contributed by atoms with Crippen molar-refractivity contribution in [2.45, 2.75) is 65.3 Å². The Hall–Kier alpha value is -0.830. The fourth-order valence-corrected chi connectivity index (χ4v) is 2.51. The average molecular weight is 251 g/mol. The van der Waals surface area contributed by atoms with Crippen molar-refractivity contribution in [2.24, 2.45) is 7.05 Å². The Labute approximate surface area is 112 Å². The first-order valence-electron chi connectivity index (χ1n) is 7.43. The van der Waals surface area contributed by atoms with Crippen LogP contribution in [0.4, 0.5) is 0 Å². The topological polar surface area (TPSA) is 29.9 Å². The van der Waals surface area contributed by atoms with Gasteiger partial charge in [-0.15, -0.1) is 0 Å². The third-order valence-electron chi connectivity index (χ3n) is 3.44. The van der Waals surface area contributed by atoms with Crippen LogP contribution in [0.1, 0.15) is 69.8 Å². The van der Waals surface area contributed by atoms with Gasteiger partial charge >= 0.3 is 0 Å². The Kier molecular flexibility index (Phi) is 7.02. The fourth-order valence-electron chi connectivity index (χ4n) is 2.51. The van der Waals surface area contributed by atoms with E-state index in [4.69, 9.17) is 0 Å². The van der Waals surface area contributed by atoms with Crippen molar-refractivity contribution in [1.29, 1.82) is 0 Å². The first-order valence-corrected chi connectivity index (χ1v) is 7.43. The molecule has 0 aromatic carbocycles. The minimum Gasteiger partial charge on any atom is -0.309 e. The zero-order valence-corrected chi connectivity index (χ0v) is 12.5. The number of nitrogens with zero attached hydrogens (tertiary/aromatic N) is 2. The molecular weight excluding hydrogens is 222 g/mol. The van der Waals surface area contributed by atoms with Gasteiger partial charge in [0.2, 0.25) is 0 Å². The molecule has 0 aliphatic heterocycles. The molecule has 0 fully saturated rings. The number of hydrogen-bond donors (Lipinski definition) is 1. The van der Waals surface area contributed by atoms with Crippen LogP contribution in [0, 0.1) is 6.92 Å². The van der Waals surface area contributed by atoms with Crippen LogP contribution in [-0.4, -0.2) is 16.3 Å². The maximum atomic E-state index is 4.45. The molecule has 0 aliphatic carbocycles. The first kappa shape index (κ1) is 15.2. The summed E-state index contributed by atoms with van der Waals surface area (Å²) >= 11 is 0. The standard InChI is InChI=1S/C15H29N3/c1-5-7-8-9-10-11-14(16-6-2)15-12-13(3)17-18(15)4/h12,14,16H,5-11H2,1-4H3. The SMILES string of the molecule is CCCCCCCC(NCC)c1cc(C)nn1C. The van der Waals surface area contributed by atoms with Crippen molar-refractivity contribution < 1.29 is 0 Å². The highest BCUT2D eigenvalue weighted by Crippen LogP contribution is 2.20. The lowest BCUT2D eigenvalue weighted by atomic mass is 10.0. The molecular formula is C15H29N3. The van der Waals surface area contributed by atoms with Crippen LogP contribution in [0.5, 0.6) is 0 Å². The quantitative estimate of drug-likeness (QED) is 0.678. The molecule has 1 heterocycles. The monoisotopic (exact) mass is 251 g/mol. The number of rotatable bonds is 9. The molecule has 1 rings (SSSR count). The van der Waals surface area contributed by atoms with Gasteiger partial charge in [-0.1, -0.05) is 46.0 Å². The summed E-state index contributed by atoms with van der Waals surface area (Å²) in [5.41, 5.74) is 2.44. The Bertz CT molecular complexity index is 330. The summed E-state index contributed by atoms with van der Waals surface area (Å²) in [5, 5.41) is 8.03. The summed E-state index contributed by atoms with van der Waals surface area (Å²) in [7, 11) is 2.05. The Morgan fingerprint density at radius 3 is 2.50 bits per heavy atom. The van der Waals surface area contributed by atoms with Crippen molar-refractivity contribution in [3.8, 4) is 0 Å². The van der Waals surface area contributed by atoms with Crippen LogP contribution in [0.25, 0.3) is 0 Å². The van der Waals surface area contributed by atoms with E-state index in [0.29, 0.717) is 6.04 Å². The maximum Gasteiger partial charge on any atom is 0.0597 e. The molecule has 0 radical (unpaired) electrons. The van der Waals surface area contributed by atoms with Crippen LogP contribution < -0.4 is 5.32 Å². The van der Waals surface area contributed by atoms with Gasteiger partial charge in [0.1, 0.15) is 0 Å².